The highest BCUT2D eigenvalue weighted by atomic mass is 32.2. The molecule has 0 aliphatic carbocycles. The molecule has 0 fully saturated rings. The number of allylic oxidation sites excluding steroid dienone is 1. The van der Waals surface area contributed by atoms with Crippen molar-refractivity contribution < 1.29 is 19.2 Å². The molecule has 2 aromatic carbocycles. The van der Waals surface area contributed by atoms with Gasteiger partial charge in [0.15, 0.2) is 9.96 Å². The first-order chi connectivity index (χ1) is 20.9. The molecule has 44 heavy (non-hydrogen) atoms. The van der Waals surface area contributed by atoms with Gasteiger partial charge in [0, 0.05) is 28.8 Å². The maximum Gasteiger partial charge on any atom is 0.338 e. The number of aryl methyl sites for hydroxylation is 1. The average molecular weight is 634 g/mol. The Kier molecular flexibility index (Phi) is 8.65. The Balaban J connectivity index is 1.72. The van der Waals surface area contributed by atoms with E-state index in [9.17, 15) is 24.5 Å². The SMILES string of the molecule is COc1cccc([C@@H]2C(C(=O)OC(C)C)=C(C)N=c3s/c(=C\c4cc([N+](=O)[O-])ccc4Sc4nc(C)cc(=O)[nH]4)c(=O)n32)c1. The zero-order valence-corrected chi connectivity index (χ0v) is 25.9. The van der Waals surface area contributed by atoms with Gasteiger partial charge in [0.1, 0.15) is 5.75 Å². The van der Waals surface area contributed by atoms with Gasteiger partial charge in [-0.15, -0.1) is 0 Å². The topological polar surface area (TPSA) is 159 Å². The lowest BCUT2D eigenvalue weighted by Crippen LogP contribution is -2.40. The lowest BCUT2D eigenvalue weighted by molar-refractivity contribution is -0.384. The molecule has 12 nitrogen and oxygen atoms in total. The number of aromatic amines is 1. The summed E-state index contributed by atoms with van der Waals surface area (Å²) in [4.78, 5) is 63.1. The number of nitro groups is 1. The third-order valence-corrected chi connectivity index (χ3v) is 8.50. The molecule has 0 radical (unpaired) electrons. The lowest BCUT2D eigenvalue weighted by Gasteiger charge is -2.25. The Labute approximate surface area is 258 Å². The van der Waals surface area contributed by atoms with E-state index in [2.05, 4.69) is 15.0 Å². The number of ether oxygens (including phenoxy) is 2. The van der Waals surface area contributed by atoms with E-state index in [1.54, 1.807) is 58.0 Å². The minimum Gasteiger partial charge on any atom is -0.497 e. The van der Waals surface area contributed by atoms with Crippen molar-refractivity contribution >= 4 is 40.8 Å². The van der Waals surface area contributed by atoms with Gasteiger partial charge in [-0.25, -0.2) is 14.8 Å². The molecule has 0 bridgehead atoms. The van der Waals surface area contributed by atoms with Gasteiger partial charge in [-0.3, -0.25) is 24.3 Å². The van der Waals surface area contributed by atoms with Gasteiger partial charge in [-0.1, -0.05) is 35.2 Å². The number of benzene rings is 2. The quantitative estimate of drug-likeness (QED) is 0.132. The Morgan fingerprint density at radius 3 is 2.64 bits per heavy atom. The number of fused-ring (bicyclic) bond motifs is 1. The first-order valence-electron chi connectivity index (χ1n) is 13.4. The molecular weight excluding hydrogens is 606 g/mol. The number of hydrogen-bond acceptors (Lipinski definition) is 11. The minimum atomic E-state index is -0.865. The molecule has 0 unspecified atom stereocenters. The van der Waals surface area contributed by atoms with Crippen LogP contribution in [0.2, 0.25) is 0 Å². The monoisotopic (exact) mass is 633 g/mol. The summed E-state index contributed by atoms with van der Waals surface area (Å²) in [5, 5.41) is 11.9. The molecule has 1 aliphatic rings. The fraction of sp³-hybridized carbons (Fsp3) is 0.233. The summed E-state index contributed by atoms with van der Waals surface area (Å²) in [7, 11) is 1.52. The van der Waals surface area contributed by atoms with Gasteiger partial charge in [0.25, 0.3) is 16.8 Å². The molecule has 226 valence electrons. The van der Waals surface area contributed by atoms with Crippen LogP contribution in [-0.2, 0) is 9.53 Å². The first kappa shape index (κ1) is 30.6. The van der Waals surface area contributed by atoms with Crippen LogP contribution in [0.1, 0.15) is 43.6 Å². The minimum absolute atomic E-state index is 0.178. The van der Waals surface area contributed by atoms with E-state index in [0.29, 0.717) is 43.1 Å². The predicted octanol–water partition coefficient (Wildman–Crippen LogP) is 3.65. The van der Waals surface area contributed by atoms with Crippen LogP contribution >= 0.6 is 23.1 Å². The number of nitro benzene ring substituents is 1. The molecule has 1 aliphatic heterocycles. The van der Waals surface area contributed by atoms with E-state index in [4.69, 9.17) is 9.47 Å². The predicted molar refractivity (Wildman–Crippen MR) is 165 cm³/mol. The standard InChI is InChI=1S/C30H27N5O7S2/c1-15(2)42-28(38)25-17(4)32-30-34(26(25)18-7-6-8-21(13-18)41-5)27(37)23(44-30)14-19-12-20(35(39)40)9-10-22(19)43-29-31-16(3)11-24(36)33-29/h6-15,26H,1-5H3,(H,31,33,36)/b23-14-/t26-/m1/s1. The number of carbonyl (C=O) groups excluding carboxylic acids is 1. The summed E-state index contributed by atoms with van der Waals surface area (Å²) in [5.41, 5.74) is 1.14. The molecule has 0 saturated heterocycles. The van der Waals surface area contributed by atoms with Crippen LogP contribution in [0.15, 0.2) is 84.4 Å². The van der Waals surface area contributed by atoms with Crippen molar-refractivity contribution in [3.8, 4) is 5.75 Å². The fourth-order valence-corrected chi connectivity index (χ4v) is 6.65. The molecule has 4 aromatic rings. The first-order valence-corrected chi connectivity index (χ1v) is 15.0. The molecule has 2 aromatic heterocycles. The van der Waals surface area contributed by atoms with Crippen LogP contribution in [0.3, 0.4) is 0 Å². The number of thiazole rings is 1. The maximum absolute atomic E-state index is 14.1. The molecule has 14 heteroatoms. The van der Waals surface area contributed by atoms with E-state index >= 15 is 0 Å². The number of carbonyl (C=O) groups is 1. The highest BCUT2D eigenvalue weighted by Crippen LogP contribution is 2.33. The van der Waals surface area contributed by atoms with Crippen LogP contribution in [0.25, 0.3) is 6.08 Å². The number of methoxy groups -OCH3 is 1. The third-order valence-electron chi connectivity index (χ3n) is 6.54. The van der Waals surface area contributed by atoms with Crippen LogP contribution in [0.5, 0.6) is 5.75 Å². The molecule has 1 atom stereocenters. The second kappa shape index (κ2) is 12.4. The van der Waals surface area contributed by atoms with Crippen molar-refractivity contribution in [2.75, 3.05) is 7.11 Å². The summed E-state index contributed by atoms with van der Waals surface area (Å²) in [6.45, 7) is 6.84. The fourth-order valence-electron chi connectivity index (χ4n) is 4.69. The average Bonchev–Trinajstić information content (AvgIpc) is 3.26. The van der Waals surface area contributed by atoms with Gasteiger partial charge < -0.3 is 14.5 Å². The van der Waals surface area contributed by atoms with Crippen molar-refractivity contribution in [1.29, 1.82) is 0 Å². The van der Waals surface area contributed by atoms with Gasteiger partial charge in [0.2, 0.25) is 0 Å². The zero-order chi connectivity index (χ0) is 31.7. The van der Waals surface area contributed by atoms with Crippen LogP contribution in [-0.4, -0.2) is 38.6 Å². The highest BCUT2D eigenvalue weighted by molar-refractivity contribution is 7.99. The second-order valence-corrected chi connectivity index (χ2v) is 12.1. The van der Waals surface area contributed by atoms with Crippen molar-refractivity contribution in [3.05, 3.63) is 117 Å². The van der Waals surface area contributed by atoms with Crippen molar-refractivity contribution in [3.63, 3.8) is 0 Å². The van der Waals surface area contributed by atoms with Gasteiger partial charge in [-0.05, 0) is 63.1 Å². The molecule has 0 saturated carbocycles. The van der Waals surface area contributed by atoms with E-state index in [0.717, 1.165) is 23.1 Å². The smallest absolute Gasteiger partial charge is 0.338 e. The van der Waals surface area contributed by atoms with Crippen LogP contribution < -0.4 is 25.2 Å². The van der Waals surface area contributed by atoms with E-state index in [1.165, 1.54) is 35.9 Å². The molecule has 1 N–H and O–H groups in total. The maximum atomic E-state index is 14.1. The molecule has 0 spiro atoms. The van der Waals surface area contributed by atoms with Crippen LogP contribution in [0, 0.1) is 17.0 Å². The second-order valence-electron chi connectivity index (χ2n) is 10.1. The lowest BCUT2D eigenvalue weighted by atomic mass is 9.95. The normalized spacial score (nSPS) is 14.8. The summed E-state index contributed by atoms with van der Waals surface area (Å²) >= 11 is 2.19. The molecule has 3 heterocycles. The number of nitrogens with one attached hydrogen (secondary N) is 1. The Morgan fingerprint density at radius 1 is 1.18 bits per heavy atom. The Bertz CT molecular complexity index is 2080. The number of esters is 1. The number of H-pyrrole nitrogens is 1. The van der Waals surface area contributed by atoms with Crippen molar-refractivity contribution in [1.82, 2.24) is 14.5 Å². The molecule has 0 amide bonds. The third kappa shape index (κ3) is 6.26. The van der Waals surface area contributed by atoms with E-state index < -0.39 is 28.6 Å². The summed E-state index contributed by atoms with van der Waals surface area (Å²) in [6.07, 6.45) is 1.14. The van der Waals surface area contributed by atoms with Crippen molar-refractivity contribution in [2.24, 2.45) is 4.99 Å². The number of rotatable bonds is 8. The molecular formula is C30H27N5O7S2. The number of aromatic nitrogens is 3. The number of hydrogen-bond donors (Lipinski definition) is 1. The largest absolute Gasteiger partial charge is 0.497 e. The summed E-state index contributed by atoms with van der Waals surface area (Å²) in [5.74, 6) is -0.0581. The molecule has 5 rings (SSSR count). The number of nitrogens with zero attached hydrogens (tertiary/aromatic N) is 4. The van der Waals surface area contributed by atoms with Gasteiger partial charge in [0.05, 0.1) is 40.0 Å². The van der Waals surface area contributed by atoms with E-state index in [1.807, 2.05) is 0 Å². The van der Waals surface area contributed by atoms with E-state index in [-0.39, 0.29) is 21.4 Å². The summed E-state index contributed by atoms with van der Waals surface area (Å²) in [6, 6.07) is 11.8. The summed E-state index contributed by atoms with van der Waals surface area (Å²) < 4.78 is 12.6. The highest BCUT2D eigenvalue weighted by Gasteiger charge is 2.34. The Morgan fingerprint density at radius 2 is 1.95 bits per heavy atom. The van der Waals surface area contributed by atoms with Gasteiger partial charge in [-0.2, -0.15) is 0 Å². The Hall–Kier alpha value is -4.82. The zero-order valence-electron chi connectivity index (χ0n) is 24.3. The number of non-ortho nitro benzene ring substituents is 1. The van der Waals surface area contributed by atoms with Crippen LogP contribution in [0.4, 0.5) is 5.69 Å². The van der Waals surface area contributed by atoms with Gasteiger partial charge >= 0.3 is 5.97 Å². The van der Waals surface area contributed by atoms with Crippen molar-refractivity contribution in [2.45, 2.75) is 49.9 Å².